The van der Waals surface area contributed by atoms with Gasteiger partial charge in [-0.15, -0.1) is 46.5 Å². The van der Waals surface area contributed by atoms with Crippen LogP contribution in [0.4, 0.5) is 45.5 Å². The fourth-order valence-corrected chi connectivity index (χ4v) is 22.6. The third-order valence-electron chi connectivity index (χ3n) is 20.3. The number of fused-ring (bicyclic) bond motifs is 6. The van der Waals surface area contributed by atoms with Gasteiger partial charge in [0.05, 0.1) is 0 Å². The van der Waals surface area contributed by atoms with Gasteiger partial charge in [0.2, 0.25) is 0 Å². The van der Waals surface area contributed by atoms with Crippen LogP contribution in [-0.2, 0) is 10.8 Å². The zero-order valence-corrected chi connectivity index (χ0v) is 52.9. The van der Waals surface area contributed by atoms with Crippen molar-refractivity contribution in [2.45, 2.75) is 72.0 Å². The van der Waals surface area contributed by atoms with E-state index in [2.05, 4.69) is 261 Å². The first-order valence-electron chi connectivity index (χ1n) is 31.1. The second kappa shape index (κ2) is 17.5. The first-order chi connectivity index (χ1) is 43.5. The molecule has 0 saturated carbocycles. The van der Waals surface area contributed by atoms with Crippen molar-refractivity contribution in [3.05, 3.63) is 211 Å². The Bertz CT molecular complexity index is 4780. The van der Waals surface area contributed by atoms with Gasteiger partial charge in [0.1, 0.15) is 11.5 Å². The van der Waals surface area contributed by atoms with Gasteiger partial charge in [-0.3, -0.25) is 0 Å². The number of anilines is 8. The normalized spacial score (nSPS) is 16.0. The highest BCUT2D eigenvalue weighted by atomic mass is 32.2. The second-order valence-corrected chi connectivity index (χ2v) is 31.6. The highest BCUT2D eigenvalue weighted by Gasteiger charge is 2.61. The average molecular weight is 1210 g/mol. The van der Waals surface area contributed by atoms with E-state index in [1.165, 1.54) is 153 Å². The van der Waals surface area contributed by atoms with Gasteiger partial charge in [-0.25, -0.2) is 0 Å². The molecule has 0 amide bonds. The first-order valence-corrected chi connectivity index (χ1v) is 34.6. The summed E-state index contributed by atoms with van der Waals surface area (Å²) < 4.78 is 16.5. The average Bonchev–Trinajstić information content (AvgIpc) is 0.659. The third-order valence-corrected chi connectivity index (χ3v) is 25.3. The lowest BCUT2D eigenvalue weighted by atomic mass is 9.51. The fourth-order valence-electron chi connectivity index (χ4n) is 16.6. The Balaban J connectivity index is 0.941. The Kier molecular flexibility index (Phi) is 9.96. The Morgan fingerprint density at radius 2 is 0.596 bits per heavy atom. The molecule has 11 aromatic rings. The van der Waals surface area contributed by atoms with Crippen LogP contribution in [-0.4, -0.2) is 31.6 Å². The van der Waals surface area contributed by atoms with Gasteiger partial charge in [-0.1, -0.05) is 151 Å². The van der Waals surface area contributed by atoms with Gasteiger partial charge in [0.15, 0.2) is 0 Å². The molecule has 0 fully saturated rings. The lowest BCUT2D eigenvalue weighted by Crippen LogP contribution is -2.63. The van der Waals surface area contributed by atoms with Crippen molar-refractivity contribution in [3.63, 3.8) is 0 Å². The summed E-state index contributed by atoms with van der Waals surface area (Å²) in [5.41, 5.74) is 33.4. The molecule has 0 unspecified atom stereocenters. The highest BCUT2D eigenvalue weighted by molar-refractivity contribution is 8.29. The Hall–Kier alpha value is -8.06. The topological polar surface area (TPSA) is 31.4 Å². The number of hydrogen-bond acceptors (Lipinski definition) is 10. The minimum Gasteiger partial charge on any atom is -0.521 e. The summed E-state index contributed by atoms with van der Waals surface area (Å²) in [5.74, 6) is 1.86. The number of rotatable bonds is 4. The summed E-state index contributed by atoms with van der Waals surface area (Å²) in [6, 6.07) is 75.8. The first kappa shape index (κ1) is 50.8. The molecule has 0 aromatic heterocycles. The van der Waals surface area contributed by atoms with E-state index < -0.39 is 7.12 Å². The van der Waals surface area contributed by atoms with Crippen LogP contribution in [0.2, 0.25) is 0 Å². The SMILES string of the molecule is CC(C)(C)c1cc2c3c(c1)SB1c4c5c(c6c(c4-3)B(S2)N(c2ccccc2)c2ccccc2-6)OB2Oc3c4c6c7c8c3-c3c(cc(c-5c32)N1c1ccccc1)N(c1ccccc1)B8Sc1cc(C(C)(C)C)cc(c1-7)SB6N(c1ccccc1)c1ccccc1-4. The number of benzene rings is 11. The summed E-state index contributed by atoms with van der Waals surface area (Å²) >= 11 is 8.06. The molecular formula is C74H51B5N4O2S4. The summed E-state index contributed by atoms with van der Waals surface area (Å²) in [6.07, 6.45) is -0.496. The maximum atomic E-state index is 8.25. The van der Waals surface area contributed by atoms with Gasteiger partial charge < -0.3 is 28.6 Å². The second-order valence-electron chi connectivity index (χ2n) is 27.1. The number of nitrogens with zero attached hydrogens (tertiary/aromatic N) is 4. The molecule has 0 spiro atoms. The van der Waals surface area contributed by atoms with Crippen molar-refractivity contribution in [3.8, 4) is 78.3 Å². The van der Waals surface area contributed by atoms with Crippen LogP contribution in [0.15, 0.2) is 220 Å². The molecule has 10 aliphatic heterocycles. The van der Waals surface area contributed by atoms with E-state index in [0.29, 0.717) is 0 Å². The molecule has 10 aliphatic rings. The predicted molar refractivity (Wildman–Crippen MR) is 382 cm³/mol. The van der Waals surface area contributed by atoms with Gasteiger partial charge >= 0.3 is 31.6 Å². The zero-order chi connectivity index (χ0) is 58.8. The van der Waals surface area contributed by atoms with E-state index in [-0.39, 0.29) is 35.3 Å². The van der Waals surface area contributed by atoms with Gasteiger partial charge in [0.25, 0.3) is 0 Å². The lowest BCUT2D eigenvalue weighted by molar-refractivity contribution is 0.438. The minimum absolute atomic E-state index is 0.0836. The van der Waals surface area contributed by atoms with E-state index in [9.17, 15) is 0 Å². The molecule has 0 bridgehead atoms. The largest absolute Gasteiger partial charge is 0.634 e. The summed E-state index contributed by atoms with van der Waals surface area (Å²) in [5, 5.41) is 0. The van der Waals surface area contributed by atoms with E-state index in [1.807, 2.05) is 46.5 Å². The lowest BCUT2D eigenvalue weighted by Gasteiger charge is -2.53. The molecule has 10 heterocycles. The van der Waals surface area contributed by atoms with E-state index >= 15 is 0 Å². The van der Waals surface area contributed by atoms with Crippen LogP contribution in [0.1, 0.15) is 52.7 Å². The van der Waals surface area contributed by atoms with E-state index in [0.717, 1.165) is 28.3 Å². The third kappa shape index (κ3) is 6.47. The molecule has 11 aromatic carbocycles. The molecule has 418 valence electrons. The standard InChI is InChI=1S/C74H51B5N4O2S4/c1-73(2,3)40-35-52-60-54(37-40)88-77-68-62(60)66-56(46-31-19-21-33-48(46)80(75(66)86-52)42-23-11-7-12-24-42)71-64(68)58-50(82(77)44-27-15-9-16-28-44)39-51-59-65-69-63-61-53(36-41(74(4,5)6)38-55(61)89-78(69)83(51)45-29-17-10-18-30-45)87-76-67(63)57(72(65)85-79(84-71)70(58)59)47-32-20-22-34-49(47)81(76)43-25-13-8-14-26-43/h7-39H,1-6H3. The fraction of sp³-hybridized carbons (Fsp3) is 0.108. The van der Waals surface area contributed by atoms with Crippen molar-refractivity contribution in [1.82, 2.24) is 0 Å². The Morgan fingerprint density at radius 1 is 0.292 bits per heavy atom. The maximum absolute atomic E-state index is 8.25. The molecule has 89 heavy (non-hydrogen) atoms. The predicted octanol–water partition coefficient (Wildman–Crippen LogP) is 16.6. The molecule has 21 rings (SSSR count). The van der Waals surface area contributed by atoms with E-state index in [1.54, 1.807) is 0 Å². The molecule has 0 N–H and O–H groups in total. The van der Waals surface area contributed by atoms with Crippen molar-refractivity contribution in [2.24, 2.45) is 0 Å². The van der Waals surface area contributed by atoms with Crippen LogP contribution < -0.4 is 55.9 Å². The monoisotopic (exact) mass is 1210 g/mol. The number of para-hydroxylation sites is 6. The van der Waals surface area contributed by atoms with Crippen molar-refractivity contribution in [2.75, 3.05) is 19.2 Å². The number of hydrogen-bond donors (Lipinski definition) is 0. The van der Waals surface area contributed by atoms with Crippen LogP contribution in [0.5, 0.6) is 11.5 Å². The molecule has 0 saturated heterocycles. The maximum Gasteiger partial charge on any atom is 0.634 e. The van der Waals surface area contributed by atoms with Crippen LogP contribution in [0, 0.1) is 0 Å². The van der Waals surface area contributed by atoms with Crippen molar-refractivity contribution < 1.29 is 9.31 Å². The molecular weight excluding hydrogens is 1160 g/mol. The van der Waals surface area contributed by atoms with E-state index in [4.69, 9.17) is 9.31 Å². The van der Waals surface area contributed by atoms with Gasteiger partial charge in [-0.05, 0) is 146 Å². The molecule has 0 radical (unpaired) electrons. The zero-order valence-electron chi connectivity index (χ0n) is 49.7. The smallest absolute Gasteiger partial charge is 0.521 e. The Morgan fingerprint density at radius 3 is 0.933 bits per heavy atom. The quantitative estimate of drug-likeness (QED) is 0.159. The van der Waals surface area contributed by atoms with Gasteiger partial charge in [-0.2, -0.15) is 0 Å². The summed E-state index contributed by atoms with van der Waals surface area (Å²) in [7, 11) is -0.796. The summed E-state index contributed by atoms with van der Waals surface area (Å²) in [6.45, 7) is 14.2. The highest BCUT2D eigenvalue weighted by Crippen LogP contribution is 2.66. The van der Waals surface area contributed by atoms with Crippen LogP contribution in [0.3, 0.4) is 0 Å². The molecule has 6 nitrogen and oxygen atoms in total. The molecule has 0 aliphatic carbocycles. The summed E-state index contributed by atoms with van der Waals surface area (Å²) in [4.78, 5) is 16.0. The van der Waals surface area contributed by atoms with Crippen LogP contribution in [0.25, 0.3) is 66.8 Å². The van der Waals surface area contributed by atoms with Crippen LogP contribution >= 0.6 is 46.5 Å². The van der Waals surface area contributed by atoms with Crippen molar-refractivity contribution >= 4 is 151 Å². The van der Waals surface area contributed by atoms with Gasteiger partial charge in [0, 0.05) is 126 Å². The molecule has 15 heteroatoms. The van der Waals surface area contributed by atoms with Crippen molar-refractivity contribution in [1.29, 1.82) is 0 Å². The minimum atomic E-state index is -0.796. The Labute approximate surface area is 536 Å². The molecule has 0 atom stereocenters.